The summed E-state index contributed by atoms with van der Waals surface area (Å²) in [6.07, 6.45) is 7.56. The minimum absolute atomic E-state index is 0.617. The standard InChI is InChI=1S/C17H27N3S/c1-14(2)21-16-7-8-17(18-13-16)20-10-4-9-19(11-12-20)15-5-3-6-15/h7-8,13-15H,3-6,9-12H2,1-2H3. The van der Waals surface area contributed by atoms with E-state index in [1.54, 1.807) is 0 Å². The SMILES string of the molecule is CC(C)Sc1ccc(N2CCCN(C3CCC3)CC2)nc1. The van der Waals surface area contributed by atoms with Crippen LogP contribution in [-0.4, -0.2) is 47.4 Å². The van der Waals surface area contributed by atoms with Crippen molar-refractivity contribution in [1.82, 2.24) is 9.88 Å². The molecule has 0 spiro atoms. The van der Waals surface area contributed by atoms with Crippen LogP contribution in [0.1, 0.15) is 39.5 Å². The molecular formula is C17H27N3S. The molecule has 4 heteroatoms. The molecular weight excluding hydrogens is 278 g/mol. The van der Waals surface area contributed by atoms with E-state index in [-0.39, 0.29) is 0 Å². The predicted octanol–water partition coefficient (Wildman–Crippen LogP) is 3.65. The Morgan fingerprint density at radius 3 is 2.57 bits per heavy atom. The summed E-state index contributed by atoms with van der Waals surface area (Å²) in [5, 5.41) is 0.617. The molecule has 0 atom stereocenters. The van der Waals surface area contributed by atoms with Gasteiger partial charge < -0.3 is 4.90 Å². The van der Waals surface area contributed by atoms with E-state index in [9.17, 15) is 0 Å². The van der Waals surface area contributed by atoms with Crippen molar-refractivity contribution < 1.29 is 0 Å². The maximum atomic E-state index is 4.69. The third kappa shape index (κ3) is 3.92. The van der Waals surface area contributed by atoms with Crippen LogP contribution in [0.25, 0.3) is 0 Å². The Morgan fingerprint density at radius 1 is 1.10 bits per heavy atom. The minimum Gasteiger partial charge on any atom is -0.355 e. The second-order valence-corrected chi connectivity index (χ2v) is 8.13. The van der Waals surface area contributed by atoms with Crippen LogP contribution in [0.3, 0.4) is 0 Å². The van der Waals surface area contributed by atoms with Crippen LogP contribution in [0.4, 0.5) is 5.82 Å². The number of aromatic nitrogens is 1. The summed E-state index contributed by atoms with van der Waals surface area (Å²) in [6, 6.07) is 5.30. The van der Waals surface area contributed by atoms with E-state index in [4.69, 9.17) is 0 Å². The number of anilines is 1. The van der Waals surface area contributed by atoms with Gasteiger partial charge in [-0.2, -0.15) is 0 Å². The third-order valence-corrected chi connectivity index (χ3v) is 5.52. The molecule has 0 amide bonds. The van der Waals surface area contributed by atoms with E-state index in [2.05, 4.69) is 40.8 Å². The van der Waals surface area contributed by atoms with Gasteiger partial charge in [0.1, 0.15) is 5.82 Å². The van der Waals surface area contributed by atoms with E-state index in [1.807, 2.05) is 18.0 Å². The lowest BCUT2D eigenvalue weighted by Gasteiger charge is -2.36. The molecule has 1 aromatic rings. The smallest absolute Gasteiger partial charge is 0.128 e. The number of nitrogens with zero attached hydrogens (tertiary/aromatic N) is 3. The summed E-state index contributed by atoms with van der Waals surface area (Å²) in [4.78, 5) is 11.1. The topological polar surface area (TPSA) is 19.4 Å². The molecule has 21 heavy (non-hydrogen) atoms. The van der Waals surface area contributed by atoms with Gasteiger partial charge in [-0.15, -0.1) is 11.8 Å². The molecule has 2 heterocycles. The first-order valence-electron chi connectivity index (χ1n) is 8.34. The molecule has 1 aliphatic carbocycles. The van der Waals surface area contributed by atoms with Gasteiger partial charge in [-0.1, -0.05) is 20.3 Å². The van der Waals surface area contributed by atoms with Gasteiger partial charge >= 0.3 is 0 Å². The van der Waals surface area contributed by atoms with Gasteiger partial charge in [0, 0.05) is 48.6 Å². The number of hydrogen-bond acceptors (Lipinski definition) is 4. The zero-order valence-electron chi connectivity index (χ0n) is 13.3. The number of rotatable bonds is 4. The van der Waals surface area contributed by atoms with Crippen molar-refractivity contribution in [2.45, 2.75) is 55.7 Å². The first kappa shape index (κ1) is 15.2. The second kappa shape index (κ2) is 7.01. The fourth-order valence-electron chi connectivity index (χ4n) is 3.18. The third-order valence-electron chi connectivity index (χ3n) is 4.54. The van der Waals surface area contributed by atoms with Crippen molar-refractivity contribution in [2.24, 2.45) is 0 Å². The van der Waals surface area contributed by atoms with Crippen LogP contribution < -0.4 is 4.90 Å². The van der Waals surface area contributed by atoms with Gasteiger partial charge in [0.15, 0.2) is 0 Å². The number of thioether (sulfide) groups is 1. The van der Waals surface area contributed by atoms with Crippen molar-refractivity contribution in [3.63, 3.8) is 0 Å². The fraction of sp³-hybridized carbons (Fsp3) is 0.706. The van der Waals surface area contributed by atoms with Crippen LogP contribution >= 0.6 is 11.8 Å². The highest BCUT2D eigenvalue weighted by atomic mass is 32.2. The molecule has 1 saturated carbocycles. The molecule has 2 fully saturated rings. The number of hydrogen-bond donors (Lipinski definition) is 0. The van der Waals surface area contributed by atoms with E-state index in [0.29, 0.717) is 5.25 Å². The monoisotopic (exact) mass is 305 g/mol. The molecule has 116 valence electrons. The molecule has 0 unspecified atom stereocenters. The van der Waals surface area contributed by atoms with Crippen LogP contribution in [0.2, 0.25) is 0 Å². The normalized spacial score (nSPS) is 21.4. The van der Waals surface area contributed by atoms with E-state index in [1.165, 1.54) is 43.7 Å². The van der Waals surface area contributed by atoms with Gasteiger partial charge in [-0.25, -0.2) is 4.98 Å². The fourth-order valence-corrected chi connectivity index (χ4v) is 3.99. The van der Waals surface area contributed by atoms with Crippen LogP contribution in [0, 0.1) is 0 Å². The van der Waals surface area contributed by atoms with Crippen molar-refractivity contribution in [2.75, 3.05) is 31.1 Å². The van der Waals surface area contributed by atoms with Crippen molar-refractivity contribution >= 4 is 17.6 Å². The van der Waals surface area contributed by atoms with Gasteiger partial charge in [-0.3, -0.25) is 4.90 Å². The molecule has 3 nitrogen and oxygen atoms in total. The Kier molecular flexibility index (Phi) is 5.07. The molecule has 0 N–H and O–H groups in total. The van der Waals surface area contributed by atoms with Crippen LogP contribution in [0.5, 0.6) is 0 Å². The first-order valence-corrected chi connectivity index (χ1v) is 9.22. The van der Waals surface area contributed by atoms with E-state index >= 15 is 0 Å². The molecule has 0 bridgehead atoms. The Morgan fingerprint density at radius 2 is 1.95 bits per heavy atom. The maximum absolute atomic E-state index is 4.69. The van der Waals surface area contributed by atoms with Crippen LogP contribution in [-0.2, 0) is 0 Å². The molecule has 3 rings (SSSR count). The highest BCUT2D eigenvalue weighted by Crippen LogP contribution is 2.27. The summed E-state index contributed by atoms with van der Waals surface area (Å²) in [5.41, 5.74) is 0. The Labute approximate surface area is 133 Å². The molecule has 0 radical (unpaired) electrons. The van der Waals surface area contributed by atoms with Crippen molar-refractivity contribution in [3.05, 3.63) is 18.3 Å². The van der Waals surface area contributed by atoms with Crippen molar-refractivity contribution in [3.8, 4) is 0 Å². The van der Waals surface area contributed by atoms with Gasteiger partial charge in [-0.05, 0) is 31.4 Å². The maximum Gasteiger partial charge on any atom is 0.128 e. The average molecular weight is 305 g/mol. The average Bonchev–Trinajstić information content (AvgIpc) is 2.63. The Hall–Kier alpha value is -0.740. The second-order valence-electron chi connectivity index (χ2n) is 6.48. The first-order chi connectivity index (χ1) is 10.2. The van der Waals surface area contributed by atoms with Gasteiger partial charge in [0.2, 0.25) is 0 Å². The Balaban J connectivity index is 1.58. The molecule has 1 aliphatic heterocycles. The lowest BCUT2D eigenvalue weighted by molar-refractivity contribution is 0.136. The van der Waals surface area contributed by atoms with Crippen LogP contribution in [0.15, 0.2) is 23.2 Å². The predicted molar refractivity (Wildman–Crippen MR) is 91.3 cm³/mol. The van der Waals surface area contributed by atoms with E-state index < -0.39 is 0 Å². The number of pyridine rings is 1. The molecule has 1 aromatic heterocycles. The lowest BCUT2D eigenvalue weighted by Crippen LogP contribution is -2.42. The highest BCUT2D eigenvalue weighted by Gasteiger charge is 2.26. The zero-order valence-corrected chi connectivity index (χ0v) is 14.1. The summed E-state index contributed by atoms with van der Waals surface area (Å²) in [5.74, 6) is 1.15. The largest absolute Gasteiger partial charge is 0.355 e. The zero-order chi connectivity index (χ0) is 14.7. The van der Waals surface area contributed by atoms with E-state index in [0.717, 1.165) is 24.9 Å². The summed E-state index contributed by atoms with van der Waals surface area (Å²) in [6.45, 7) is 9.19. The quantitative estimate of drug-likeness (QED) is 0.791. The highest BCUT2D eigenvalue weighted by molar-refractivity contribution is 7.99. The molecule has 1 saturated heterocycles. The van der Waals surface area contributed by atoms with Gasteiger partial charge in [0.25, 0.3) is 0 Å². The van der Waals surface area contributed by atoms with Crippen molar-refractivity contribution in [1.29, 1.82) is 0 Å². The molecule has 0 aromatic carbocycles. The lowest BCUT2D eigenvalue weighted by atomic mass is 9.91. The minimum atomic E-state index is 0.617. The summed E-state index contributed by atoms with van der Waals surface area (Å²) in [7, 11) is 0. The molecule has 2 aliphatic rings. The van der Waals surface area contributed by atoms with Gasteiger partial charge in [0.05, 0.1) is 0 Å². The summed E-state index contributed by atoms with van der Waals surface area (Å²) < 4.78 is 0. The summed E-state index contributed by atoms with van der Waals surface area (Å²) >= 11 is 1.88. The Bertz CT molecular complexity index is 442.